The van der Waals surface area contributed by atoms with Gasteiger partial charge in [0.15, 0.2) is 0 Å². The van der Waals surface area contributed by atoms with Gasteiger partial charge in [0.25, 0.3) is 5.91 Å². The maximum absolute atomic E-state index is 12.3. The summed E-state index contributed by atoms with van der Waals surface area (Å²) in [6.07, 6.45) is -0.631. The number of carbonyl (C=O) groups excluding carboxylic acids is 1. The number of carbonyl (C=O) groups is 1. The van der Waals surface area contributed by atoms with Crippen molar-refractivity contribution in [3.05, 3.63) is 29.8 Å². The Labute approximate surface area is 125 Å². The number of aliphatic hydroxyl groups excluding tert-OH is 1. The Morgan fingerprint density at radius 1 is 1.24 bits per heavy atom. The van der Waals surface area contributed by atoms with Crippen LogP contribution >= 0.6 is 0 Å². The minimum absolute atomic E-state index is 0.144. The number of sulfonamides is 1. The zero-order chi connectivity index (χ0) is 16.2. The maximum Gasteiger partial charge on any atom is 0.251 e. The smallest absolute Gasteiger partial charge is 0.251 e. The molecule has 118 valence electrons. The molecule has 1 atom stereocenters. The van der Waals surface area contributed by atoms with Gasteiger partial charge < -0.3 is 10.4 Å². The van der Waals surface area contributed by atoms with Gasteiger partial charge in [0.2, 0.25) is 10.0 Å². The SMILES string of the molecule is CC(O)CNC(=O)c1ccc(S(=O)(=O)N(C)C(C)C)cc1. The van der Waals surface area contributed by atoms with E-state index in [2.05, 4.69) is 5.32 Å². The van der Waals surface area contributed by atoms with Crippen LogP contribution in [0.15, 0.2) is 29.2 Å². The Bertz CT molecular complexity index is 579. The first kappa shape index (κ1) is 17.6. The van der Waals surface area contributed by atoms with Crippen molar-refractivity contribution in [2.45, 2.75) is 37.8 Å². The molecule has 0 radical (unpaired) electrons. The number of hydrogen-bond donors (Lipinski definition) is 2. The first-order chi connectivity index (χ1) is 9.66. The van der Waals surface area contributed by atoms with E-state index in [0.717, 1.165) is 0 Å². The van der Waals surface area contributed by atoms with E-state index in [1.165, 1.54) is 35.6 Å². The van der Waals surface area contributed by atoms with E-state index in [1.54, 1.807) is 20.8 Å². The van der Waals surface area contributed by atoms with Crippen molar-refractivity contribution in [1.29, 1.82) is 0 Å². The minimum atomic E-state index is -3.54. The van der Waals surface area contributed by atoms with E-state index in [4.69, 9.17) is 5.11 Å². The summed E-state index contributed by atoms with van der Waals surface area (Å²) in [6.45, 7) is 5.29. The molecule has 1 unspecified atom stereocenters. The lowest BCUT2D eigenvalue weighted by Crippen LogP contribution is -2.33. The molecule has 1 aromatic carbocycles. The third-order valence-electron chi connectivity index (χ3n) is 3.08. The minimum Gasteiger partial charge on any atom is -0.392 e. The lowest BCUT2D eigenvalue weighted by Gasteiger charge is -2.21. The number of amides is 1. The highest BCUT2D eigenvalue weighted by Crippen LogP contribution is 2.17. The van der Waals surface area contributed by atoms with Gasteiger partial charge in [-0.3, -0.25) is 4.79 Å². The summed E-state index contributed by atoms with van der Waals surface area (Å²) in [7, 11) is -2.03. The Morgan fingerprint density at radius 3 is 2.19 bits per heavy atom. The number of benzene rings is 1. The van der Waals surface area contributed by atoms with Crippen LogP contribution in [0, 0.1) is 0 Å². The lowest BCUT2D eigenvalue weighted by molar-refractivity contribution is 0.0924. The van der Waals surface area contributed by atoms with Gasteiger partial charge in [-0.25, -0.2) is 8.42 Å². The van der Waals surface area contributed by atoms with Crippen LogP contribution in [-0.4, -0.2) is 49.5 Å². The summed E-state index contributed by atoms with van der Waals surface area (Å²) < 4.78 is 25.8. The number of nitrogens with one attached hydrogen (secondary N) is 1. The van der Waals surface area contributed by atoms with Crippen LogP contribution in [0.5, 0.6) is 0 Å². The topological polar surface area (TPSA) is 86.7 Å². The van der Waals surface area contributed by atoms with E-state index in [9.17, 15) is 13.2 Å². The molecule has 0 bridgehead atoms. The molecule has 21 heavy (non-hydrogen) atoms. The van der Waals surface area contributed by atoms with Gasteiger partial charge in [-0.15, -0.1) is 0 Å². The fraction of sp³-hybridized carbons (Fsp3) is 0.500. The summed E-state index contributed by atoms with van der Waals surface area (Å²) in [4.78, 5) is 11.9. The van der Waals surface area contributed by atoms with E-state index < -0.39 is 16.1 Å². The molecular formula is C14H22N2O4S. The predicted octanol–water partition coefficient (Wildman–Crippen LogP) is 0.826. The van der Waals surface area contributed by atoms with Gasteiger partial charge in [-0.1, -0.05) is 0 Å². The van der Waals surface area contributed by atoms with E-state index in [0.29, 0.717) is 5.56 Å². The second kappa shape index (κ2) is 7.02. The van der Waals surface area contributed by atoms with Crippen molar-refractivity contribution >= 4 is 15.9 Å². The van der Waals surface area contributed by atoms with Crippen LogP contribution in [0.2, 0.25) is 0 Å². The first-order valence-corrected chi connectivity index (χ1v) is 8.14. The van der Waals surface area contributed by atoms with Crippen LogP contribution in [0.3, 0.4) is 0 Å². The van der Waals surface area contributed by atoms with Gasteiger partial charge in [-0.05, 0) is 45.0 Å². The van der Waals surface area contributed by atoms with Crippen molar-refractivity contribution in [2.24, 2.45) is 0 Å². The molecule has 7 heteroatoms. The van der Waals surface area contributed by atoms with Crippen LogP contribution in [-0.2, 0) is 10.0 Å². The third kappa shape index (κ3) is 4.52. The zero-order valence-corrected chi connectivity index (χ0v) is 13.5. The summed E-state index contributed by atoms with van der Waals surface area (Å²) in [5.41, 5.74) is 0.349. The summed E-state index contributed by atoms with van der Waals surface area (Å²) in [5, 5.41) is 11.7. The number of rotatable bonds is 6. The fourth-order valence-electron chi connectivity index (χ4n) is 1.56. The van der Waals surface area contributed by atoms with E-state index in [1.807, 2.05) is 0 Å². The van der Waals surface area contributed by atoms with Crippen molar-refractivity contribution < 1.29 is 18.3 Å². The van der Waals surface area contributed by atoms with Crippen LogP contribution < -0.4 is 5.32 Å². The molecule has 0 saturated heterocycles. The quantitative estimate of drug-likeness (QED) is 0.814. The van der Waals surface area contributed by atoms with E-state index in [-0.39, 0.29) is 23.4 Å². The Morgan fingerprint density at radius 2 is 1.76 bits per heavy atom. The maximum atomic E-state index is 12.3. The third-order valence-corrected chi connectivity index (χ3v) is 5.13. The summed E-state index contributed by atoms with van der Waals surface area (Å²) in [6, 6.07) is 5.58. The second-order valence-corrected chi connectivity index (χ2v) is 7.20. The van der Waals surface area contributed by atoms with Gasteiger partial charge in [0, 0.05) is 25.2 Å². The molecule has 6 nitrogen and oxygen atoms in total. The van der Waals surface area contributed by atoms with Crippen LogP contribution in [0.4, 0.5) is 0 Å². The second-order valence-electron chi connectivity index (χ2n) is 5.20. The van der Waals surface area contributed by atoms with Gasteiger partial charge in [-0.2, -0.15) is 4.31 Å². The average molecular weight is 314 g/mol. The van der Waals surface area contributed by atoms with E-state index >= 15 is 0 Å². The summed E-state index contributed by atoms with van der Waals surface area (Å²) in [5.74, 6) is -0.350. The van der Waals surface area contributed by atoms with Crippen molar-refractivity contribution in [1.82, 2.24) is 9.62 Å². The van der Waals surface area contributed by atoms with Crippen LogP contribution in [0.1, 0.15) is 31.1 Å². The molecule has 1 amide bonds. The highest BCUT2D eigenvalue weighted by Gasteiger charge is 2.23. The van der Waals surface area contributed by atoms with Gasteiger partial charge >= 0.3 is 0 Å². The van der Waals surface area contributed by atoms with Crippen molar-refractivity contribution in [2.75, 3.05) is 13.6 Å². The number of aliphatic hydroxyl groups is 1. The Hall–Kier alpha value is -1.44. The first-order valence-electron chi connectivity index (χ1n) is 6.70. The largest absolute Gasteiger partial charge is 0.392 e. The predicted molar refractivity (Wildman–Crippen MR) is 80.5 cm³/mol. The fourth-order valence-corrected chi connectivity index (χ4v) is 2.93. The molecule has 0 fully saturated rings. The normalized spacial score (nSPS) is 13.5. The lowest BCUT2D eigenvalue weighted by atomic mass is 10.2. The standard InChI is InChI=1S/C14H22N2O4S/c1-10(2)16(4)21(19,20)13-7-5-12(6-8-13)14(18)15-9-11(3)17/h5-8,10-11,17H,9H2,1-4H3,(H,15,18). The Balaban J connectivity index is 2.90. The van der Waals surface area contributed by atoms with Crippen LogP contribution in [0.25, 0.3) is 0 Å². The molecule has 1 aromatic rings. The molecule has 0 aliphatic carbocycles. The number of hydrogen-bond acceptors (Lipinski definition) is 4. The Kier molecular flexibility index (Phi) is 5.88. The monoisotopic (exact) mass is 314 g/mol. The molecule has 0 aliphatic rings. The highest BCUT2D eigenvalue weighted by molar-refractivity contribution is 7.89. The molecule has 0 aliphatic heterocycles. The van der Waals surface area contributed by atoms with Crippen molar-refractivity contribution in [3.8, 4) is 0 Å². The molecule has 1 rings (SSSR count). The molecule has 0 aromatic heterocycles. The summed E-state index contributed by atoms with van der Waals surface area (Å²) >= 11 is 0. The van der Waals surface area contributed by atoms with Crippen molar-refractivity contribution in [3.63, 3.8) is 0 Å². The van der Waals surface area contributed by atoms with Gasteiger partial charge in [0.1, 0.15) is 0 Å². The van der Waals surface area contributed by atoms with Gasteiger partial charge in [0.05, 0.1) is 11.0 Å². The highest BCUT2D eigenvalue weighted by atomic mass is 32.2. The molecule has 2 N–H and O–H groups in total. The number of nitrogens with zero attached hydrogens (tertiary/aromatic N) is 1. The molecular weight excluding hydrogens is 292 g/mol. The average Bonchev–Trinajstić information content (AvgIpc) is 2.43. The molecule has 0 spiro atoms. The zero-order valence-electron chi connectivity index (χ0n) is 12.7. The molecule has 0 heterocycles. The molecule has 0 saturated carbocycles.